The molecule has 2 atom stereocenters. The fourth-order valence-corrected chi connectivity index (χ4v) is 4.83. The molecule has 0 amide bonds. The molecule has 2 aromatic heterocycles. The molecule has 0 saturated carbocycles. The van der Waals surface area contributed by atoms with Crippen LogP contribution in [0.5, 0.6) is 0 Å². The number of aliphatic hydroxyl groups is 1. The van der Waals surface area contributed by atoms with Crippen molar-refractivity contribution >= 4 is 17.3 Å². The van der Waals surface area contributed by atoms with Gasteiger partial charge in [-0.3, -0.25) is 4.98 Å². The van der Waals surface area contributed by atoms with E-state index < -0.39 is 0 Å². The summed E-state index contributed by atoms with van der Waals surface area (Å²) in [4.78, 5) is 6.82. The number of aliphatic hydroxyl groups excluding tert-OH is 1. The Hall–Kier alpha value is -2.70. The van der Waals surface area contributed by atoms with Crippen molar-refractivity contribution in [2.24, 2.45) is 0 Å². The number of para-hydroxylation sites is 1. The summed E-state index contributed by atoms with van der Waals surface area (Å²) >= 11 is 5.70. The molecule has 3 aromatic rings. The summed E-state index contributed by atoms with van der Waals surface area (Å²) in [5.41, 5.74) is 7.03. The van der Waals surface area contributed by atoms with Gasteiger partial charge in [-0.25, -0.2) is 0 Å². The topological polar surface area (TPSA) is 53.3 Å². The molecule has 0 spiro atoms. The minimum Gasteiger partial charge on any atom is -0.396 e. The van der Waals surface area contributed by atoms with E-state index in [1.807, 2.05) is 24.4 Å². The Labute approximate surface area is 183 Å². The molecule has 5 nitrogen and oxygen atoms in total. The zero-order valence-corrected chi connectivity index (χ0v) is 18.5. The van der Waals surface area contributed by atoms with E-state index in [1.54, 1.807) is 0 Å². The first-order valence-corrected chi connectivity index (χ1v) is 10.8. The minimum absolute atomic E-state index is 0.0166. The predicted molar refractivity (Wildman–Crippen MR) is 124 cm³/mol. The SMILES string of the molecule is Cc1ccccc1-n1c(C)cc([C@@H]2[C@@H](c3ccccn3)NC(=S)N2CCCO)c1C. The van der Waals surface area contributed by atoms with Crippen LogP contribution in [0.15, 0.2) is 54.7 Å². The molecule has 2 N–H and O–H groups in total. The minimum atomic E-state index is -0.0387. The second-order valence-electron chi connectivity index (χ2n) is 7.85. The normalized spacial score (nSPS) is 18.7. The summed E-state index contributed by atoms with van der Waals surface area (Å²) < 4.78 is 2.33. The smallest absolute Gasteiger partial charge is 0.170 e. The van der Waals surface area contributed by atoms with Gasteiger partial charge in [0.25, 0.3) is 0 Å². The molecule has 156 valence electrons. The monoisotopic (exact) mass is 420 g/mol. The van der Waals surface area contributed by atoms with E-state index in [2.05, 4.69) is 70.9 Å². The highest BCUT2D eigenvalue weighted by atomic mass is 32.1. The number of hydrogen-bond acceptors (Lipinski definition) is 3. The molecular weight excluding hydrogens is 392 g/mol. The van der Waals surface area contributed by atoms with Crippen LogP contribution in [-0.2, 0) is 0 Å². The van der Waals surface area contributed by atoms with Gasteiger partial charge in [0, 0.05) is 36.4 Å². The van der Waals surface area contributed by atoms with Gasteiger partial charge in [0.2, 0.25) is 0 Å². The van der Waals surface area contributed by atoms with Crippen LogP contribution in [0.3, 0.4) is 0 Å². The van der Waals surface area contributed by atoms with E-state index in [1.165, 1.54) is 28.2 Å². The molecule has 1 aliphatic heterocycles. The number of pyridine rings is 1. The van der Waals surface area contributed by atoms with Gasteiger partial charge in [0.15, 0.2) is 5.11 Å². The van der Waals surface area contributed by atoms with E-state index in [0.29, 0.717) is 18.1 Å². The van der Waals surface area contributed by atoms with Crippen LogP contribution in [0.25, 0.3) is 5.69 Å². The Balaban J connectivity index is 1.83. The standard InChI is InChI=1S/C24H28N4OS/c1-16-9-4-5-11-21(16)28-17(2)15-19(18(28)3)23-22(20-10-6-7-12-25-20)26-24(30)27(23)13-8-14-29/h4-7,9-12,15,22-23,29H,8,13-14H2,1-3H3,(H,26,30)/t22-,23-/m1/s1. The van der Waals surface area contributed by atoms with Crippen molar-refractivity contribution in [3.05, 3.63) is 82.9 Å². The average Bonchev–Trinajstić information content (AvgIpc) is 3.23. The number of rotatable bonds is 6. The summed E-state index contributed by atoms with van der Waals surface area (Å²) in [6.45, 7) is 7.31. The van der Waals surface area contributed by atoms with Crippen molar-refractivity contribution in [2.45, 2.75) is 39.3 Å². The van der Waals surface area contributed by atoms with Crippen molar-refractivity contribution in [1.29, 1.82) is 0 Å². The van der Waals surface area contributed by atoms with Crippen molar-refractivity contribution < 1.29 is 5.11 Å². The summed E-state index contributed by atoms with van der Waals surface area (Å²) in [6.07, 6.45) is 2.49. The van der Waals surface area contributed by atoms with Crippen LogP contribution in [0, 0.1) is 20.8 Å². The van der Waals surface area contributed by atoms with Crippen LogP contribution < -0.4 is 5.32 Å². The number of aryl methyl sites for hydroxylation is 2. The van der Waals surface area contributed by atoms with Crippen LogP contribution >= 0.6 is 12.2 Å². The molecule has 3 heterocycles. The molecule has 1 saturated heterocycles. The maximum atomic E-state index is 9.43. The van der Waals surface area contributed by atoms with Crippen LogP contribution in [0.4, 0.5) is 0 Å². The molecule has 0 radical (unpaired) electrons. The van der Waals surface area contributed by atoms with E-state index >= 15 is 0 Å². The molecule has 30 heavy (non-hydrogen) atoms. The number of thiocarbonyl (C=S) groups is 1. The van der Waals surface area contributed by atoms with Gasteiger partial charge < -0.3 is 19.9 Å². The number of nitrogens with one attached hydrogen (secondary N) is 1. The van der Waals surface area contributed by atoms with Gasteiger partial charge in [0.1, 0.15) is 0 Å². The highest BCUT2D eigenvalue weighted by molar-refractivity contribution is 7.80. The first-order valence-electron chi connectivity index (χ1n) is 10.4. The third-order valence-corrected chi connectivity index (χ3v) is 6.25. The fourth-order valence-electron chi connectivity index (χ4n) is 4.50. The van der Waals surface area contributed by atoms with Gasteiger partial charge in [0.05, 0.1) is 17.8 Å². The zero-order valence-electron chi connectivity index (χ0n) is 17.7. The molecule has 0 aliphatic carbocycles. The molecule has 0 unspecified atom stereocenters. The first-order chi connectivity index (χ1) is 14.5. The molecular formula is C24H28N4OS. The van der Waals surface area contributed by atoms with Crippen LogP contribution in [0.2, 0.25) is 0 Å². The highest BCUT2D eigenvalue weighted by Gasteiger charge is 2.41. The summed E-state index contributed by atoms with van der Waals surface area (Å²) in [6, 6.07) is 16.7. The Morgan fingerprint density at radius 2 is 1.87 bits per heavy atom. The number of hydrogen-bond donors (Lipinski definition) is 2. The Morgan fingerprint density at radius 3 is 2.57 bits per heavy atom. The lowest BCUT2D eigenvalue weighted by Crippen LogP contribution is -2.31. The second kappa shape index (κ2) is 8.58. The lowest BCUT2D eigenvalue weighted by atomic mass is 9.96. The van der Waals surface area contributed by atoms with Crippen molar-refractivity contribution in [3.8, 4) is 5.69 Å². The van der Waals surface area contributed by atoms with E-state index in [-0.39, 0.29) is 18.7 Å². The molecule has 1 aliphatic rings. The fraction of sp³-hybridized carbons (Fsp3) is 0.333. The molecule has 1 aromatic carbocycles. The summed E-state index contributed by atoms with van der Waals surface area (Å²) in [7, 11) is 0. The summed E-state index contributed by atoms with van der Waals surface area (Å²) in [5.74, 6) is 0. The second-order valence-corrected chi connectivity index (χ2v) is 8.23. The average molecular weight is 421 g/mol. The van der Waals surface area contributed by atoms with Crippen molar-refractivity contribution in [2.75, 3.05) is 13.2 Å². The Morgan fingerprint density at radius 1 is 1.10 bits per heavy atom. The maximum Gasteiger partial charge on any atom is 0.170 e. The Bertz CT molecular complexity index is 1050. The van der Waals surface area contributed by atoms with E-state index in [0.717, 1.165) is 5.69 Å². The predicted octanol–water partition coefficient (Wildman–Crippen LogP) is 4.15. The summed E-state index contributed by atoms with van der Waals surface area (Å²) in [5, 5.41) is 13.6. The highest BCUT2D eigenvalue weighted by Crippen LogP contribution is 2.41. The molecule has 4 rings (SSSR count). The third-order valence-electron chi connectivity index (χ3n) is 5.90. The van der Waals surface area contributed by atoms with Crippen molar-refractivity contribution in [1.82, 2.24) is 19.8 Å². The number of nitrogens with zero attached hydrogens (tertiary/aromatic N) is 3. The molecule has 6 heteroatoms. The first kappa shape index (κ1) is 20.6. The quantitative estimate of drug-likeness (QED) is 0.587. The van der Waals surface area contributed by atoms with Gasteiger partial charge in [-0.1, -0.05) is 24.3 Å². The van der Waals surface area contributed by atoms with E-state index in [9.17, 15) is 5.11 Å². The van der Waals surface area contributed by atoms with E-state index in [4.69, 9.17) is 12.2 Å². The van der Waals surface area contributed by atoms with Gasteiger partial charge in [-0.05, 0) is 74.8 Å². The van der Waals surface area contributed by atoms with Gasteiger partial charge >= 0.3 is 0 Å². The van der Waals surface area contributed by atoms with Crippen LogP contribution in [-0.4, -0.2) is 37.8 Å². The number of aromatic nitrogens is 2. The number of benzene rings is 1. The third kappa shape index (κ3) is 3.61. The van der Waals surface area contributed by atoms with Crippen molar-refractivity contribution in [3.63, 3.8) is 0 Å². The van der Waals surface area contributed by atoms with Gasteiger partial charge in [-0.2, -0.15) is 0 Å². The lowest BCUT2D eigenvalue weighted by molar-refractivity contribution is 0.247. The van der Waals surface area contributed by atoms with Crippen LogP contribution in [0.1, 0.15) is 46.7 Å². The molecule has 0 bridgehead atoms. The lowest BCUT2D eigenvalue weighted by Gasteiger charge is -2.28. The molecule has 1 fully saturated rings. The zero-order chi connectivity index (χ0) is 21.3. The Kier molecular flexibility index (Phi) is 5.88. The van der Waals surface area contributed by atoms with Gasteiger partial charge in [-0.15, -0.1) is 0 Å². The maximum absolute atomic E-state index is 9.43. The largest absolute Gasteiger partial charge is 0.396 e.